The van der Waals surface area contributed by atoms with Gasteiger partial charge in [-0.25, -0.2) is 4.98 Å². The average molecular weight is 269 g/mol. The van der Waals surface area contributed by atoms with Crippen molar-refractivity contribution >= 4 is 5.82 Å². The molecule has 1 heterocycles. The van der Waals surface area contributed by atoms with Gasteiger partial charge in [-0.15, -0.1) is 0 Å². The number of hydrogen-bond donors (Lipinski definition) is 1. The monoisotopic (exact) mass is 269 g/mol. The summed E-state index contributed by atoms with van der Waals surface area (Å²) in [6, 6.07) is 12.7. The first-order chi connectivity index (χ1) is 9.58. The van der Waals surface area contributed by atoms with Gasteiger partial charge < -0.3 is 10.6 Å². The zero-order valence-electron chi connectivity index (χ0n) is 12.5. The van der Waals surface area contributed by atoms with Gasteiger partial charge in [0.05, 0.1) is 0 Å². The van der Waals surface area contributed by atoms with Crippen LogP contribution >= 0.6 is 0 Å². The Balaban J connectivity index is 2.21. The molecule has 0 bridgehead atoms. The molecule has 0 amide bonds. The molecular formula is C17H23N3. The maximum absolute atomic E-state index is 5.92. The Morgan fingerprint density at radius 3 is 2.55 bits per heavy atom. The number of anilines is 1. The van der Waals surface area contributed by atoms with Crippen molar-refractivity contribution in [1.82, 2.24) is 4.98 Å². The Morgan fingerprint density at radius 2 is 1.85 bits per heavy atom. The fourth-order valence-electron chi connectivity index (χ4n) is 2.40. The molecule has 3 heteroatoms. The zero-order chi connectivity index (χ0) is 14.5. The van der Waals surface area contributed by atoms with Gasteiger partial charge in [0.15, 0.2) is 0 Å². The van der Waals surface area contributed by atoms with Crippen molar-refractivity contribution in [3.63, 3.8) is 0 Å². The molecule has 2 N–H and O–H groups in total. The highest BCUT2D eigenvalue weighted by Gasteiger charge is 2.11. The lowest BCUT2D eigenvalue weighted by Crippen LogP contribution is -2.23. The van der Waals surface area contributed by atoms with E-state index in [-0.39, 0.29) is 6.04 Å². The van der Waals surface area contributed by atoms with Gasteiger partial charge in [0, 0.05) is 25.8 Å². The normalized spacial score (nSPS) is 12.2. The predicted molar refractivity (Wildman–Crippen MR) is 84.9 cm³/mol. The van der Waals surface area contributed by atoms with E-state index in [1.54, 1.807) is 0 Å². The molecule has 1 atom stereocenters. The van der Waals surface area contributed by atoms with Crippen LogP contribution in [-0.4, -0.2) is 18.1 Å². The minimum absolute atomic E-state index is 0.143. The number of pyridine rings is 1. The highest BCUT2D eigenvalue weighted by atomic mass is 15.2. The van der Waals surface area contributed by atoms with Crippen molar-refractivity contribution in [1.29, 1.82) is 0 Å². The lowest BCUT2D eigenvalue weighted by atomic mass is 10.1. The molecule has 3 nitrogen and oxygen atoms in total. The summed E-state index contributed by atoms with van der Waals surface area (Å²) in [6.45, 7) is 5.03. The molecule has 0 radical (unpaired) electrons. The van der Waals surface area contributed by atoms with E-state index < -0.39 is 0 Å². The maximum Gasteiger partial charge on any atom is 0.131 e. The highest BCUT2D eigenvalue weighted by Crippen LogP contribution is 2.20. The summed E-state index contributed by atoms with van der Waals surface area (Å²) in [6.07, 6.45) is 2.69. The summed E-state index contributed by atoms with van der Waals surface area (Å²) in [5, 5.41) is 0. The molecule has 0 saturated heterocycles. The summed E-state index contributed by atoms with van der Waals surface area (Å²) in [5.74, 6) is 1.02. The molecule has 2 rings (SSSR count). The molecule has 1 aromatic heterocycles. The van der Waals surface area contributed by atoms with Crippen molar-refractivity contribution < 1.29 is 0 Å². The van der Waals surface area contributed by atoms with Crippen LogP contribution in [0, 0.1) is 6.92 Å². The van der Waals surface area contributed by atoms with Gasteiger partial charge in [0.2, 0.25) is 0 Å². The van der Waals surface area contributed by atoms with Crippen LogP contribution < -0.4 is 10.6 Å². The zero-order valence-corrected chi connectivity index (χ0v) is 12.5. The van der Waals surface area contributed by atoms with E-state index in [4.69, 9.17) is 5.73 Å². The first-order valence-corrected chi connectivity index (χ1v) is 7.03. The molecule has 106 valence electrons. The third-order valence-electron chi connectivity index (χ3n) is 3.44. The van der Waals surface area contributed by atoms with E-state index >= 15 is 0 Å². The van der Waals surface area contributed by atoms with Crippen molar-refractivity contribution in [3.8, 4) is 0 Å². The van der Waals surface area contributed by atoms with Crippen LogP contribution in [0.25, 0.3) is 0 Å². The Bertz CT molecular complexity index is 564. The SMILES string of the molecule is Cc1ccccc1CN(C)c1ncccc1CC(C)N. The molecule has 0 aliphatic carbocycles. The van der Waals surface area contributed by atoms with Gasteiger partial charge in [0.25, 0.3) is 0 Å². The van der Waals surface area contributed by atoms with Gasteiger partial charge in [-0.2, -0.15) is 0 Å². The van der Waals surface area contributed by atoms with E-state index in [1.807, 2.05) is 19.2 Å². The molecule has 0 aliphatic heterocycles. The van der Waals surface area contributed by atoms with Gasteiger partial charge >= 0.3 is 0 Å². The minimum atomic E-state index is 0.143. The Morgan fingerprint density at radius 1 is 1.15 bits per heavy atom. The summed E-state index contributed by atoms with van der Waals surface area (Å²) >= 11 is 0. The highest BCUT2D eigenvalue weighted by molar-refractivity contribution is 5.47. The first-order valence-electron chi connectivity index (χ1n) is 7.03. The molecular weight excluding hydrogens is 246 g/mol. The topological polar surface area (TPSA) is 42.2 Å². The molecule has 0 saturated carbocycles. The van der Waals surface area contributed by atoms with Gasteiger partial charge in [0.1, 0.15) is 5.82 Å². The second-order valence-corrected chi connectivity index (χ2v) is 5.45. The number of hydrogen-bond acceptors (Lipinski definition) is 3. The predicted octanol–water partition coefficient (Wildman–Crippen LogP) is 2.92. The molecule has 0 fully saturated rings. The quantitative estimate of drug-likeness (QED) is 0.907. The van der Waals surface area contributed by atoms with Crippen LogP contribution in [0.15, 0.2) is 42.6 Å². The average Bonchev–Trinajstić information content (AvgIpc) is 2.41. The van der Waals surface area contributed by atoms with Crippen molar-refractivity contribution in [2.75, 3.05) is 11.9 Å². The van der Waals surface area contributed by atoms with E-state index in [1.165, 1.54) is 16.7 Å². The largest absolute Gasteiger partial charge is 0.355 e. The summed E-state index contributed by atoms with van der Waals surface area (Å²) < 4.78 is 0. The number of nitrogens with two attached hydrogens (primary N) is 1. The minimum Gasteiger partial charge on any atom is -0.355 e. The smallest absolute Gasteiger partial charge is 0.131 e. The van der Waals surface area contributed by atoms with Crippen LogP contribution in [0.5, 0.6) is 0 Å². The maximum atomic E-state index is 5.92. The van der Waals surface area contributed by atoms with Crippen molar-refractivity contribution in [2.24, 2.45) is 5.73 Å². The van der Waals surface area contributed by atoms with Crippen LogP contribution in [0.4, 0.5) is 5.82 Å². The van der Waals surface area contributed by atoms with Crippen molar-refractivity contribution in [3.05, 3.63) is 59.3 Å². The Hall–Kier alpha value is -1.87. The molecule has 1 unspecified atom stereocenters. The van der Waals surface area contributed by atoms with E-state index in [2.05, 4.69) is 54.2 Å². The number of nitrogens with zero attached hydrogens (tertiary/aromatic N) is 2. The third-order valence-corrected chi connectivity index (χ3v) is 3.44. The van der Waals surface area contributed by atoms with Crippen LogP contribution in [0.2, 0.25) is 0 Å². The lowest BCUT2D eigenvalue weighted by molar-refractivity contribution is 0.730. The molecule has 0 aliphatic rings. The second kappa shape index (κ2) is 6.53. The molecule has 20 heavy (non-hydrogen) atoms. The third kappa shape index (κ3) is 3.58. The number of benzene rings is 1. The molecule has 1 aromatic carbocycles. The van der Waals surface area contributed by atoms with Gasteiger partial charge in [-0.3, -0.25) is 0 Å². The van der Waals surface area contributed by atoms with E-state index in [0.29, 0.717) is 0 Å². The Kier molecular flexibility index (Phi) is 4.74. The lowest BCUT2D eigenvalue weighted by Gasteiger charge is -2.22. The molecule has 2 aromatic rings. The van der Waals surface area contributed by atoms with E-state index in [0.717, 1.165) is 18.8 Å². The van der Waals surface area contributed by atoms with Gasteiger partial charge in [-0.1, -0.05) is 30.3 Å². The fourth-order valence-corrected chi connectivity index (χ4v) is 2.40. The first kappa shape index (κ1) is 14.5. The number of aryl methyl sites for hydroxylation is 1. The Labute approximate surface area is 121 Å². The summed E-state index contributed by atoms with van der Waals surface area (Å²) in [7, 11) is 2.08. The van der Waals surface area contributed by atoms with Crippen LogP contribution in [-0.2, 0) is 13.0 Å². The number of aromatic nitrogens is 1. The number of rotatable bonds is 5. The van der Waals surface area contributed by atoms with Crippen LogP contribution in [0.1, 0.15) is 23.6 Å². The fraction of sp³-hybridized carbons (Fsp3) is 0.353. The molecule has 0 spiro atoms. The standard InChI is InChI=1S/C17H23N3/c1-13-7-4-5-8-16(13)12-20(3)17-15(11-14(2)18)9-6-10-19-17/h4-10,14H,11-12,18H2,1-3H3. The van der Waals surface area contributed by atoms with Gasteiger partial charge in [-0.05, 0) is 43.0 Å². The van der Waals surface area contributed by atoms with E-state index in [9.17, 15) is 0 Å². The van der Waals surface area contributed by atoms with Crippen LogP contribution in [0.3, 0.4) is 0 Å². The second-order valence-electron chi connectivity index (χ2n) is 5.45. The summed E-state index contributed by atoms with van der Waals surface area (Å²) in [4.78, 5) is 6.72. The summed E-state index contributed by atoms with van der Waals surface area (Å²) in [5.41, 5.74) is 9.77. The van der Waals surface area contributed by atoms with Crippen molar-refractivity contribution in [2.45, 2.75) is 32.9 Å².